The number of hydrogen-bond donors (Lipinski definition) is 2. The second-order valence-corrected chi connectivity index (χ2v) is 6.26. The molecule has 0 aliphatic rings. The van der Waals surface area contributed by atoms with Crippen LogP contribution in [0.25, 0.3) is 0 Å². The molecule has 0 amide bonds. The van der Waals surface area contributed by atoms with Crippen molar-refractivity contribution in [3.8, 4) is 0 Å². The summed E-state index contributed by atoms with van der Waals surface area (Å²) in [4.78, 5) is 23.2. The van der Waals surface area contributed by atoms with Crippen molar-refractivity contribution >= 4 is 11.9 Å². The first-order valence-electron chi connectivity index (χ1n) is 8.10. The van der Waals surface area contributed by atoms with E-state index in [4.69, 9.17) is 0 Å². The van der Waals surface area contributed by atoms with Crippen molar-refractivity contribution < 1.29 is 46.1 Å². The fourth-order valence-corrected chi connectivity index (χ4v) is 2.80. The van der Waals surface area contributed by atoms with Gasteiger partial charge in [0.2, 0.25) is 0 Å². The van der Waals surface area contributed by atoms with Crippen molar-refractivity contribution in [2.45, 2.75) is 30.6 Å². The molecule has 2 N–H and O–H groups in total. The number of carboxylic acid groups (broad SMARTS) is 2. The fourth-order valence-electron chi connectivity index (χ4n) is 2.80. The van der Waals surface area contributed by atoms with Crippen molar-refractivity contribution in [1.82, 2.24) is 0 Å². The highest BCUT2D eigenvalue weighted by atomic mass is 19.4. The van der Waals surface area contributed by atoms with Crippen LogP contribution >= 0.6 is 0 Å². The number of rotatable bonds is 6. The molecule has 0 saturated carbocycles. The summed E-state index contributed by atoms with van der Waals surface area (Å²) in [6.07, 6.45) is -9.80. The quantitative estimate of drug-likeness (QED) is 0.634. The number of aliphatic carboxylic acids is 2. The molecule has 0 aliphatic heterocycles. The van der Waals surface area contributed by atoms with E-state index in [9.17, 15) is 46.1 Å². The van der Waals surface area contributed by atoms with Crippen LogP contribution in [0.5, 0.6) is 0 Å². The van der Waals surface area contributed by atoms with E-state index in [0.29, 0.717) is 24.3 Å². The molecule has 0 spiro atoms. The molecule has 0 fully saturated rings. The molecule has 156 valence electrons. The average Bonchev–Trinajstić information content (AvgIpc) is 2.60. The van der Waals surface area contributed by atoms with Gasteiger partial charge in [-0.3, -0.25) is 9.59 Å². The predicted octanol–water partition coefficient (Wildman–Crippen LogP) is 5.15. The van der Waals surface area contributed by atoms with Gasteiger partial charge in [0.1, 0.15) is 0 Å². The lowest BCUT2D eigenvalue weighted by Gasteiger charge is -2.19. The molecule has 2 aromatic rings. The third kappa shape index (κ3) is 5.49. The third-order valence-electron chi connectivity index (χ3n) is 4.35. The Balaban J connectivity index is 2.33. The molecule has 4 nitrogen and oxygen atoms in total. The maximum Gasteiger partial charge on any atom is 0.416 e. The SMILES string of the molecule is O=C(O)C(CC(C(=O)O)c1ccc(C(F)(F)F)cc1)c1ccc(C(F)(F)F)cc1. The lowest BCUT2D eigenvalue weighted by Crippen LogP contribution is -2.20. The largest absolute Gasteiger partial charge is 0.481 e. The molecule has 0 bridgehead atoms. The van der Waals surface area contributed by atoms with Crippen LogP contribution in [0, 0.1) is 0 Å². The second-order valence-electron chi connectivity index (χ2n) is 6.26. The fraction of sp³-hybridized carbons (Fsp3) is 0.263. The van der Waals surface area contributed by atoms with E-state index in [1.165, 1.54) is 0 Å². The second kappa shape index (κ2) is 8.14. The molecule has 29 heavy (non-hydrogen) atoms. The number of carboxylic acids is 2. The van der Waals surface area contributed by atoms with Gasteiger partial charge in [0.25, 0.3) is 0 Å². The number of carbonyl (C=O) groups is 2. The van der Waals surface area contributed by atoms with Crippen LogP contribution in [-0.2, 0) is 21.9 Å². The third-order valence-corrected chi connectivity index (χ3v) is 4.35. The maximum absolute atomic E-state index is 12.7. The van der Waals surface area contributed by atoms with E-state index in [0.717, 1.165) is 24.3 Å². The van der Waals surface area contributed by atoms with E-state index in [2.05, 4.69) is 0 Å². The van der Waals surface area contributed by atoms with Gasteiger partial charge in [0.05, 0.1) is 23.0 Å². The summed E-state index contributed by atoms with van der Waals surface area (Å²) in [5.74, 6) is -5.88. The van der Waals surface area contributed by atoms with Gasteiger partial charge in [0, 0.05) is 0 Å². The van der Waals surface area contributed by atoms with Gasteiger partial charge in [-0.05, 0) is 41.8 Å². The zero-order valence-electron chi connectivity index (χ0n) is 14.5. The topological polar surface area (TPSA) is 74.6 Å². The van der Waals surface area contributed by atoms with Crippen LogP contribution in [0.15, 0.2) is 48.5 Å². The van der Waals surface area contributed by atoms with Crippen molar-refractivity contribution in [3.63, 3.8) is 0 Å². The Labute approximate surface area is 160 Å². The van der Waals surface area contributed by atoms with Crippen molar-refractivity contribution in [3.05, 3.63) is 70.8 Å². The van der Waals surface area contributed by atoms with Crippen molar-refractivity contribution in [2.24, 2.45) is 0 Å². The Morgan fingerprint density at radius 2 is 0.931 bits per heavy atom. The van der Waals surface area contributed by atoms with Crippen LogP contribution in [0.4, 0.5) is 26.3 Å². The first kappa shape index (κ1) is 22.3. The monoisotopic (exact) mass is 420 g/mol. The Hall–Kier alpha value is -3.04. The molecular weight excluding hydrogens is 406 g/mol. The summed E-state index contributed by atoms with van der Waals surface area (Å²) in [5, 5.41) is 18.8. The van der Waals surface area contributed by atoms with Gasteiger partial charge in [-0.2, -0.15) is 26.3 Å². The summed E-state index contributed by atoms with van der Waals surface area (Å²) < 4.78 is 76.0. The molecule has 0 saturated heterocycles. The number of hydrogen-bond acceptors (Lipinski definition) is 2. The van der Waals surface area contributed by atoms with Gasteiger partial charge in [-0.15, -0.1) is 0 Å². The molecule has 0 aliphatic carbocycles. The molecule has 2 rings (SSSR count). The number of halogens is 6. The Morgan fingerprint density at radius 3 is 1.14 bits per heavy atom. The van der Waals surface area contributed by atoms with E-state index in [1.54, 1.807) is 0 Å². The highest BCUT2D eigenvalue weighted by Gasteiger charge is 2.34. The maximum atomic E-state index is 12.7. The van der Waals surface area contributed by atoms with E-state index < -0.39 is 53.7 Å². The smallest absolute Gasteiger partial charge is 0.416 e. The first-order chi connectivity index (χ1) is 13.3. The van der Waals surface area contributed by atoms with Crippen LogP contribution in [0.2, 0.25) is 0 Å². The van der Waals surface area contributed by atoms with Crippen LogP contribution < -0.4 is 0 Å². The van der Waals surface area contributed by atoms with Gasteiger partial charge in [-0.1, -0.05) is 24.3 Å². The molecule has 2 unspecified atom stereocenters. The summed E-state index contributed by atoms with van der Waals surface area (Å²) in [6.45, 7) is 0. The molecule has 0 heterocycles. The lowest BCUT2D eigenvalue weighted by atomic mass is 9.84. The Kier molecular flexibility index (Phi) is 6.24. The first-order valence-corrected chi connectivity index (χ1v) is 8.10. The minimum absolute atomic E-state index is 0.0522. The summed E-state index contributed by atoms with van der Waals surface area (Å²) in [6, 6.07) is 6.47. The van der Waals surface area contributed by atoms with Crippen LogP contribution in [0.3, 0.4) is 0 Å². The number of alkyl halides is 6. The highest BCUT2D eigenvalue weighted by Crippen LogP contribution is 2.35. The van der Waals surface area contributed by atoms with E-state index in [1.807, 2.05) is 0 Å². The van der Waals surface area contributed by atoms with Gasteiger partial charge < -0.3 is 10.2 Å². The summed E-state index contributed by atoms with van der Waals surface area (Å²) in [7, 11) is 0. The zero-order chi connectivity index (χ0) is 22.0. The molecule has 2 aromatic carbocycles. The Bertz CT molecular complexity index is 796. The van der Waals surface area contributed by atoms with Gasteiger partial charge in [-0.25, -0.2) is 0 Å². The normalized spacial score (nSPS) is 14.3. The lowest BCUT2D eigenvalue weighted by molar-refractivity contribution is -0.141. The van der Waals surface area contributed by atoms with Crippen molar-refractivity contribution in [1.29, 1.82) is 0 Å². The standard InChI is InChI=1S/C19H14F6O4/c20-18(21,22)12-5-1-10(2-6-12)14(16(26)27)9-15(17(28)29)11-3-7-13(8-4-11)19(23,24)25/h1-8,14-15H,9H2,(H,26,27)(H,28,29). The van der Waals surface area contributed by atoms with Gasteiger partial charge >= 0.3 is 24.3 Å². The average molecular weight is 420 g/mol. The minimum Gasteiger partial charge on any atom is -0.481 e. The molecule has 0 radical (unpaired) electrons. The Morgan fingerprint density at radius 1 is 0.655 bits per heavy atom. The molecule has 2 atom stereocenters. The molecule has 10 heteroatoms. The molecule has 0 aromatic heterocycles. The highest BCUT2D eigenvalue weighted by molar-refractivity contribution is 5.80. The zero-order valence-corrected chi connectivity index (χ0v) is 14.5. The van der Waals surface area contributed by atoms with E-state index >= 15 is 0 Å². The minimum atomic E-state index is -4.62. The predicted molar refractivity (Wildman–Crippen MR) is 88.3 cm³/mol. The van der Waals surface area contributed by atoms with Crippen LogP contribution in [0.1, 0.15) is 40.5 Å². The van der Waals surface area contributed by atoms with E-state index in [-0.39, 0.29) is 11.1 Å². The summed E-state index contributed by atoms with van der Waals surface area (Å²) in [5.41, 5.74) is -2.10. The van der Waals surface area contributed by atoms with Gasteiger partial charge in [0.15, 0.2) is 0 Å². The number of benzene rings is 2. The van der Waals surface area contributed by atoms with Crippen molar-refractivity contribution in [2.75, 3.05) is 0 Å². The molecular formula is C19H14F6O4. The van der Waals surface area contributed by atoms with Crippen LogP contribution in [-0.4, -0.2) is 22.2 Å². The summed E-state index contributed by atoms with van der Waals surface area (Å²) >= 11 is 0.